The first-order valence-corrected chi connectivity index (χ1v) is 8.27. The summed E-state index contributed by atoms with van der Waals surface area (Å²) in [4.78, 5) is 12.2. The Kier molecular flexibility index (Phi) is 7.36. The van der Waals surface area contributed by atoms with Crippen molar-refractivity contribution in [2.45, 2.75) is 32.5 Å². The van der Waals surface area contributed by atoms with Gasteiger partial charge >= 0.3 is 6.61 Å². The summed E-state index contributed by atoms with van der Waals surface area (Å²) in [6.45, 7) is -0.173. The maximum absolute atomic E-state index is 12.7. The highest BCUT2D eigenvalue weighted by atomic mass is 19.3. The molecule has 0 aliphatic carbocycles. The average Bonchev–Trinajstić information content (AvgIpc) is 3.13. The first-order valence-electron chi connectivity index (χ1n) is 8.27. The van der Waals surface area contributed by atoms with Crippen molar-refractivity contribution < 1.29 is 27.8 Å². The Bertz CT molecular complexity index is 695. The molecule has 1 aliphatic rings. The zero-order valence-corrected chi connectivity index (χ0v) is 14.3. The van der Waals surface area contributed by atoms with E-state index in [4.69, 9.17) is 9.47 Å². The second kappa shape index (κ2) is 9.73. The number of nitrogens with one attached hydrogen (secondary N) is 1. The van der Waals surface area contributed by atoms with Crippen LogP contribution in [-0.4, -0.2) is 38.4 Å². The number of amides is 1. The highest BCUT2D eigenvalue weighted by Gasteiger charge is 2.19. The van der Waals surface area contributed by atoms with Gasteiger partial charge in [-0.1, -0.05) is 12.1 Å². The van der Waals surface area contributed by atoms with E-state index in [1.54, 1.807) is 19.1 Å². The van der Waals surface area contributed by atoms with E-state index >= 15 is 0 Å². The van der Waals surface area contributed by atoms with Gasteiger partial charge in [0.15, 0.2) is 11.5 Å². The van der Waals surface area contributed by atoms with Crippen LogP contribution in [0.25, 0.3) is 6.08 Å². The molecule has 1 atom stereocenters. The second-order valence-corrected chi connectivity index (χ2v) is 5.50. The zero-order valence-electron chi connectivity index (χ0n) is 14.3. The topological polar surface area (TPSA) is 80.6 Å². The number of ether oxygens (including phenoxy) is 3. The Hall–Kier alpha value is -2.66. The molecule has 140 valence electrons. The molecule has 0 aromatic heterocycles. The standard InChI is InChI=1S/C18H20F2N2O4/c1-2-24-15-7-3-5-12(16(15)26-18(19)20)9-13(10-21)17(23)22-11-14-6-4-8-25-14/h3,5,7,9,14,18H,2,4,6,8,11H2,1H3,(H,22,23)/b13-9+/t14-/m0/s1. The predicted molar refractivity (Wildman–Crippen MR) is 89.8 cm³/mol. The van der Waals surface area contributed by atoms with E-state index in [9.17, 15) is 18.8 Å². The van der Waals surface area contributed by atoms with Gasteiger partial charge in [-0.15, -0.1) is 0 Å². The third-order valence-electron chi connectivity index (χ3n) is 3.70. The van der Waals surface area contributed by atoms with E-state index in [1.807, 2.05) is 0 Å². The van der Waals surface area contributed by atoms with E-state index < -0.39 is 12.5 Å². The lowest BCUT2D eigenvalue weighted by atomic mass is 10.1. The molecule has 1 saturated heterocycles. The zero-order chi connectivity index (χ0) is 18.9. The fourth-order valence-corrected chi connectivity index (χ4v) is 2.54. The summed E-state index contributed by atoms with van der Waals surface area (Å²) in [7, 11) is 0. The highest BCUT2D eigenvalue weighted by Crippen LogP contribution is 2.34. The van der Waals surface area contributed by atoms with Crippen molar-refractivity contribution in [3.63, 3.8) is 0 Å². The van der Waals surface area contributed by atoms with Crippen LogP contribution in [0.15, 0.2) is 23.8 Å². The number of carbonyl (C=O) groups excluding carboxylic acids is 1. The lowest BCUT2D eigenvalue weighted by Gasteiger charge is -2.14. The number of nitrogens with zero attached hydrogens (tertiary/aromatic N) is 1. The number of benzene rings is 1. The lowest BCUT2D eigenvalue weighted by molar-refractivity contribution is -0.117. The van der Waals surface area contributed by atoms with Crippen molar-refractivity contribution in [1.82, 2.24) is 5.32 Å². The third-order valence-corrected chi connectivity index (χ3v) is 3.70. The van der Waals surface area contributed by atoms with Crippen LogP contribution >= 0.6 is 0 Å². The highest BCUT2D eigenvalue weighted by molar-refractivity contribution is 6.02. The van der Waals surface area contributed by atoms with Crippen LogP contribution in [0.5, 0.6) is 11.5 Å². The summed E-state index contributed by atoms with van der Waals surface area (Å²) in [5.74, 6) is -0.713. The summed E-state index contributed by atoms with van der Waals surface area (Å²) in [5.41, 5.74) is -0.0733. The molecule has 0 bridgehead atoms. The Morgan fingerprint density at radius 2 is 2.35 bits per heavy atom. The number of hydrogen-bond donors (Lipinski definition) is 1. The van der Waals surface area contributed by atoms with E-state index in [0.717, 1.165) is 12.8 Å². The van der Waals surface area contributed by atoms with Crippen molar-refractivity contribution in [1.29, 1.82) is 5.26 Å². The quantitative estimate of drug-likeness (QED) is 0.565. The molecule has 1 aromatic rings. The van der Waals surface area contributed by atoms with E-state index in [-0.39, 0.29) is 41.9 Å². The summed E-state index contributed by atoms with van der Waals surface area (Å²) in [6.07, 6.45) is 2.90. The van der Waals surface area contributed by atoms with Gasteiger partial charge in [0, 0.05) is 18.7 Å². The minimum Gasteiger partial charge on any atom is -0.490 e. The Morgan fingerprint density at radius 1 is 1.54 bits per heavy atom. The molecule has 0 saturated carbocycles. The molecule has 2 rings (SSSR count). The van der Waals surface area contributed by atoms with Gasteiger partial charge in [-0.2, -0.15) is 14.0 Å². The number of hydrogen-bond acceptors (Lipinski definition) is 5. The predicted octanol–water partition coefficient (Wildman–Crippen LogP) is 2.89. The Labute approximate surface area is 150 Å². The molecular weight excluding hydrogens is 346 g/mol. The fourth-order valence-electron chi connectivity index (χ4n) is 2.54. The van der Waals surface area contributed by atoms with Gasteiger partial charge in [0.05, 0.1) is 12.7 Å². The largest absolute Gasteiger partial charge is 0.490 e. The number of para-hydroxylation sites is 1. The molecule has 0 spiro atoms. The van der Waals surface area contributed by atoms with Gasteiger partial charge in [0.25, 0.3) is 5.91 Å². The number of nitriles is 1. The number of alkyl halides is 2. The van der Waals surface area contributed by atoms with Crippen LogP contribution in [0.3, 0.4) is 0 Å². The minimum atomic E-state index is -3.07. The second-order valence-electron chi connectivity index (χ2n) is 5.50. The lowest BCUT2D eigenvalue weighted by Crippen LogP contribution is -2.32. The third kappa shape index (κ3) is 5.43. The molecular formula is C18H20F2N2O4. The van der Waals surface area contributed by atoms with Crippen molar-refractivity contribution >= 4 is 12.0 Å². The van der Waals surface area contributed by atoms with E-state index in [1.165, 1.54) is 18.2 Å². The molecule has 8 heteroatoms. The monoisotopic (exact) mass is 366 g/mol. The molecule has 1 heterocycles. The summed E-state index contributed by atoms with van der Waals surface area (Å²) in [6, 6.07) is 6.28. The molecule has 6 nitrogen and oxygen atoms in total. The number of halogens is 2. The SMILES string of the molecule is CCOc1cccc(/C=C(\C#N)C(=O)NC[C@@H]2CCCO2)c1OC(F)F. The maximum Gasteiger partial charge on any atom is 0.387 e. The van der Waals surface area contributed by atoms with Gasteiger partial charge in [-0.05, 0) is 31.9 Å². The normalized spacial score (nSPS) is 17.0. The number of carbonyl (C=O) groups is 1. The van der Waals surface area contributed by atoms with Gasteiger partial charge in [-0.25, -0.2) is 0 Å². The van der Waals surface area contributed by atoms with Crippen molar-refractivity contribution in [2.24, 2.45) is 0 Å². The molecule has 0 radical (unpaired) electrons. The van der Waals surface area contributed by atoms with Crippen LogP contribution in [0.2, 0.25) is 0 Å². The van der Waals surface area contributed by atoms with Gasteiger partial charge in [0.2, 0.25) is 0 Å². The summed E-state index contributed by atoms with van der Waals surface area (Å²) >= 11 is 0. The fraction of sp³-hybridized carbons (Fsp3) is 0.444. The molecule has 1 aliphatic heterocycles. The summed E-state index contributed by atoms with van der Waals surface area (Å²) < 4.78 is 40.7. The van der Waals surface area contributed by atoms with Crippen molar-refractivity contribution in [2.75, 3.05) is 19.8 Å². The maximum atomic E-state index is 12.7. The van der Waals surface area contributed by atoms with Crippen LogP contribution in [0, 0.1) is 11.3 Å². The van der Waals surface area contributed by atoms with Gasteiger partial charge in [0.1, 0.15) is 11.6 Å². The minimum absolute atomic E-state index is 0.0714. The van der Waals surface area contributed by atoms with Crippen LogP contribution in [0.1, 0.15) is 25.3 Å². The number of rotatable bonds is 8. The molecule has 1 amide bonds. The molecule has 1 N–H and O–H groups in total. The van der Waals surface area contributed by atoms with Crippen LogP contribution in [-0.2, 0) is 9.53 Å². The average molecular weight is 366 g/mol. The Morgan fingerprint density at radius 3 is 2.96 bits per heavy atom. The molecule has 0 unspecified atom stereocenters. The summed E-state index contributed by atoms with van der Waals surface area (Å²) in [5, 5.41) is 11.9. The van der Waals surface area contributed by atoms with Crippen LogP contribution < -0.4 is 14.8 Å². The van der Waals surface area contributed by atoms with Crippen molar-refractivity contribution in [3.8, 4) is 17.6 Å². The molecule has 26 heavy (non-hydrogen) atoms. The molecule has 1 aromatic carbocycles. The smallest absolute Gasteiger partial charge is 0.387 e. The van der Waals surface area contributed by atoms with E-state index in [0.29, 0.717) is 6.61 Å². The first-order chi connectivity index (χ1) is 12.5. The van der Waals surface area contributed by atoms with Crippen LogP contribution in [0.4, 0.5) is 8.78 Å². The first kappa shape index (κ1) is 19.7. The Balaban J connectivity index is 2.21. The van der Waals surface area contributed by atoms with Crippen molar-refractivity contribution in [3.05, 3.63) is 29.3 Å². The van der Waals surface area contributed by atoms with Gasteiger partial charge in [-0.3, -0.25) is 4.79 Å². The van der Waals surface area contributed by atoms with E-state index in [2.05, 4.69) is 10.1 Å². The van der Waals surface area contributed by atoms with Gasteiger partial charge < -0.3 is 19.5 Å². The molecule has 1 fully saturated rings.